The van der Waals surface area contributed by atoms with Gasteiger partial charge < -0.3 is 15.0 Å². The molecule has 0 bridgehead atoms. The summed E-state index contributed by atoms with van der Waals surface area (Å²) in [5, 5.41) is 12.7. The molecule has 8 heteroatoms. The molecule has 3 aromatic carbocycles. The minimum Gasteiger partial charge on any atom is -0.445 e. The highest BCUT2D eigenvalue weighted by atomic mass is 16.6. The number of benzene rings is 3. The molecule has 0 aromatic heterocycles. The van der Waals surface area contributed by atoms with E-state index in [4.69, 9.17) is 4.74 Å². The number of nitrogens with one attached hydrogen (secondary N) is 1. The highest BCUT2D eigenvalue weighted by Crippen LogP contribution is 2.27. The maximum absolute atomic E-state index is 13.9. The van der Waals surface area contributed by atoms with Gasteiger partial charge in [0.2, 0.25) is 11.8 Å². The van der Waals surface area contributed by atoms with Crippen LogP contribution in [0.1, 0.15) is 17.5 Å². The molecule has 1 aliphatic heterocycles. The summed E-state index contributed by atoms with van der Waals surface area (Å²) in [4.78, 5) is 42.5. The molecule has 3 aromatic rings. The number of amides is 3. The summed E-state index contributed by atoms with van der Waals surface area (Å²) in [5.41, 5.74) is 2.34. The van der Waals surface area contributed by atoms with E-state index in [0.717, 1.165) is 11.1 Å². The lowest BCUT2D eigenvalue weighted by molar-refractivity contribution is -0.136. The van der Waals surface area contributed by atoms with Crippen molar-refractivity contribution in [1.82, 2.24) is 9.80 Å². The van der Waals surface area contributed by atoms with Crippen molar-refractivity contribution in [2.24, 2.45) is 5.92 Å². The Bertz CT molecular complexity index is 1280. The van der Waals surface area contributed by atoms with Gasteiger partial charge in [0.1, 0.15) is 18.7 Å². The second-order valence-electron chi connectivity index (χ2n) is 9.28. The Labute approximate surface area is 222 Å². The van der Waals surface area contributed by atoms with Crippen LogP contribution in [0.2, 0.25) is 0 Å². The highest BCUT2D eigenvalue weighted by molar-refractivity contribution is 5.94. The van der Waals surface area contributed by atoms with Gasteiger partial charge in [-0.05, 0) is 29.7 Å². The molecular formula is C30H30N4O4. The van der Waals surface area contributed by atoms with Crippen LogP contribution in [-0.4, -0.2) is 53.4 Å². The van der Waals surface area contributed by atoms with Gasteiger partial charge in [-0.2, -0.15) is 5.26 Å². The molecule has 0 saturated carbocycles. The summed E-state index contributed by atoms with van der Waals surface area (Å²) < 4.78 is 5.49. The van der Waals surface area contributed by atoms with Crippen LogP contribution in [-0.2, 0) is 27.4 Å². The summed E-state index contributed by atoms with van der Waals surface area (Å²) in [6.07, 6.45) is -0.179. The molecule has 1 saturated heterocycles. The lowest BCUT2D eigenvalue weighted by Gasteiger charge is -2.31. The van der Waals surface area contributed by atoms with Crippen molar-refractivity contribution >= 4 is 23.6 Å². The Morgan fingerprint density at radius 3 is 2.16 bits per heavy atom. The first-order valence-corrected chi connectivity index (χ1v) is 12.5. The first kappa shape index (κ1) is 26.4. The average molecular weight is 511 g/mol. The molecule has 0 spiro atoms. The molecular weight excluding hydrogens is 480 g/mol. The standard InChI is InChI=1S/C30H30N4O4/c1-33(30(37)38-21-23-13-7-3-8-14-23)27(17-22-11-5-2-6-12-22)29(36)34-20-24(18-26(34)19-31)28(35)32-25-15-9-4-10-16-25/h2-16,24,26-27H,17-18,20-21H2,1H3,(H,32,35). The zero-order valence-corrected chi connectivity index (χ0v) is 21.2. The maximum atomic E-state index is 13.9. The van der Waals surface area contributed by atoms with E-state index in [2.05, 4.69) is 11.4 Å². The lowest BCUT2D eigenvalue weighted by Crippen LogP contribution is -2.52. The van der Waals surface area contributed by atoms with Gasteiger partial charge >= 0.3 is 6.09 Å². The second-order valence-corrected chi connectivity index (χ2v) is 9.28. The van der Waals surface area contributed by atoms with E-state index in [1.807, 2.05) is 78.9 Å². The number of rotatable bonds is 8. The van der Waals surface area contributed by atoms with Crippen LogP contribution in [0.5, 0.6) is 0 Å². The predicted octanol–water partition coefficient (Wildman–Crippen LogP) is 4.25. The molecule has 1 N–H and O–H groups in total. The predicted molar refractivity (Wildman–Crippen MR) is 143 cm³/mol. The number of hydrogen-bond acceptors (Lipinski definition) is 5. The van der Waals surface area contributed by atoms with Crippen LogP contribution in [0.15, 0.2) is 91.0 Å². The van der Waals surface area contributed by atoms with Gasteiger partial charge in [0.05, 0.1) is 12.0 Å². The SMILES string of the molecule is CN(C(=O)OCc1ccccc1)C(Cc1ccccc1)C(=O)N1CC(C(=O)Nc2ccccc2)CC1C#N. The van der Waals surface area contributed by atoms with Crippen LogP contribution >= 0.6 is 0 Å². The van der Waals surface area contributed by atoms with Crippen LogP contribution in [0, 0.1) is 17.2 Å². The van der Waals surface area contributed by atoms with Crippen LogP contribution in [0.3, 0.4) is 0 Å². The number of likely N-dealkylation sites (N-methyl/N-ethyl adjacent to an activating group) is 1. The fraction of sp³-hybridized carbons (Fsp3) is 0.267. The van der Waals surface area contributed by atoms with Crippen molar-refractivity contribution in [3.63, 3.8) is 0 Å². The normalized spacial score (nSPS) is 17.2. The fourth-order valence-electron chi connectivity index (χ4n) is 4.52. The van der Waals surface area contributed by atoms with Crippen LogP contribution in [0.25, 0.3) is 0 Å². The molecule has 38 heavy (non-hydrogen) atoms. The van der Waals surface area contributed by atoms with Gasteiger partial charge in [-0.15, -0.1) is 0 Å². The number of hydrogen-bond donors (Lipinski definition) is 1. The topological polar surface area (TPSA) is 103 Å². The fourth-order valence-corrected chi connectivity index (χ4v) is 4.52. The summed E-state index contributed by atoms with van der Waals surface area (Å²) in [7, 11) is 1.52. The van der Waals surface area contributed by atoms with E-state index < -0.39 is 30.0 Å². The number of anilines is 1. The first-order valence-electron chi connectivity index (χ1n) is 12.5. The van der Waals surface area contributed by atoms with Gasteiger partial charge in [0.25, 0.3) is 0 Å². The first-order chi connectivity index (χ1) is 18.5. The number of ether oxygens (including phenoxy) is 1. The highest BCUT2D eigenvalue weighted by Gasteiger charge is 2.42. The summed E-state index contributed by atoms with van der Waals surface area (Å²) in [6.45, 7) is 0.163. The molecule has 1 aliphatic rings. The Balaban J connectivity index is 1.50. The zero-order chi connectivity index (χ0) is 26.9. The minimum absolute atomic E-state index is 0.0720. The Morgan fingerprint density at radius 2 is 1.55 bits per heavy atom. The van der Waals surface area contributed by atoms with Gasteiger partial charge in [0.15, 0.2) is 0 Å². The zero-order valence-electron chi connectivity index (χ0n) is 21.2. The van der Waals surface area contributed by atoms with E-state index in [1.165, 1.54) is 16.8 Å². The van der Waals surface area contributed by atoms with Crippen molar-refractivity contribution in [3.8, 4) is 6.07 Å². The molecule has 3 atom stereocenters. The lowest BCUT2D eigenvalue weighted by atomic mass is 10.0. The number of nitrogens with zero attached hydrogens (tertiary/aromatic N) is 3. The van der Waals surface area contributed by atoms with E-state index in [-0.39, 0.29) is 31.9 Å². The molecule has 3 unspecified atom stereocenters. The minimum atomic E-state index is -0.910. The van der Waals surface area contributed by atoms with Crippen LogP contribution in [0.4, 0.5) is 10.5 Å². The summed E-state index contributed by atoms with van der Waals surface area (Å²) in [5.74, 6) is -1.19. The van der Waals surface area contributed by atoms with Gasteiger partial charge in [0, 0.05) is 25.7 Å². The summed E-state index contributed by atoms with van der Waals surface area (Å²) >= 11 is 0. The molecule has 0 aliphatic carbocycles. The smallest absolute Gasteiger partial charge is 0.410 e. The number of nitriles is 1. The third kappa shape index (κ3) is 6.56. The van der Waals surface area contributed by atoms with Crippen molar-refractivity contribution in [1.29, 1.82) is 5.26 Å². The molecule has 1 fully saturated rings. The van der Waals surface area contributed by atoms with E-state index in [0.29, 0.717) is 5.69 Å². The average Bonchev–Trinajstić information content (AvgIpc) is 3.40. The van der Waals surface area contributed by atoms with Crippen molar-refractivity contribution in [2.45, 2.75) is 31.5 Å². The Kier molecular flexibility index (Phi) is 8.73. The van der Waals surface area contributed by atoms with Gasteiger partial charge in [-0.3, -0.25) is 14.5 Å². The number of carbonyl (C=O) groups is 3. The summed E-state index contributed by atoms with van der Waals surface area (Å²) in [6, 6.07) is 28.2. The van der Waals surface area contributed by atoms with Gasteiger partial charge in [-0.25, -0.2) is 4.79 Å². The second kappa shape index (κ2) is 12.5. The quantitative estimate of drug-likeness (QED) is 0.488. The number of para-hydroxylation sites is 1. The van der Waals surface area contributed by atoms with Crippen molar-refractivity contribution in [3.05, 3.63) is 102 Å². The molecule has 194 valence electrons. The molecule has 3 amide bonds. The Morgan fingerprint density at radius 1 is 0.974 bits per heavy atom. The van der Waals surface area contributed by atoms with E-state index in [1.54, 1.807) is 12.1 Å². The third-order valence-corrected chi connectivity index (χ3v) is 6.66. The van der Waals surface area contributed by atoms with Gasteiger partial charge in [-0.1, -0.05) is 78.9 Å². The third-order valence-electron chi connectivity index (χ3n) is 6.66. The molecule has 0 radical (unpaired) electrons. The molecule has 4 rings (SSSR count). The largest absolute Gasteiger partial charge is 0.445 e. The van der Waals surface area contributed by atoms with Crippen molar-refractivity contribution < 1.29 is 19.1 Å². The van der Waals surface area contributed by atoms with Crippen LogP contribution < -0.4 is 5.32 Å². The maximum Gasteiger partial charge on any atom is 0.410 e. The van der Waals surface area contributed by atoms with E-state index >= 15 is 0 Å². The number of carbonyl (C=O) groups excluding carboxylic acids is 3. The number of likely N-dealkylation sites (tertiary alicyclic amines) is 1. The molecule has 1 heterocycles. The Hall–Kier alpha value is -4.64. The monoisotopic (exact) mass is 510 g/mol. The molecule has 8 nitrogen and oxygen atoms in total. The van der Waals surface area contributed by atoms with E-state index in [9.17, 15) is 19.6 Å². The van der Waals surface area contributed by atoms with Crippen molar-refractivity contribution in [2.75, 3.05) is 18.9 Å².